The molecule has 0 aromatic heterocycles. The normalized spacial score (nSPS) is 22.4. The van der Waals surface area contributed by atoms with E-state index in [0.717, 1.165) is 12.5 Å². The zero-order chi connectivity index (χ0) is 12.9. The summed E-state index contributed by atoms with van der Waals surface area (Å²) in [7, 11) is 0. The molecule has 2 N–H and O–H groups in total. The summed E-state index contributed by atoms with van der Waals surface area (Å²) < 4.78 is 0. The Hall–Kier alpha value is -0.0400. The lowest BCUT2D eigenvalue weighted by Gasteiger charge is -2.36. The molecule has 1 aliphatic rings. The monoisotopic (exact) mass is 239 g/mol. The standard InChI is InChI=1S/C16H33N/c1-15(2,3)12-16(4,13-17)11-10-14-8-6-5-7-9-14/h14H,5-13,17H2,1-4H3. The Kier molecular flexibility index (Phi) is 5.50. The zero-order valence-corrected chi connectivity index (χ0v) is 12.5. The summed E-state index contributed by atoms with van der Waals surface area (Å²) >= 11 is 0. The van der Waals surface area contributed by atoms with Crippen LogP contribution in [0.2, 0.25) is 0 Å². The van der Waals surface area contributed by atoms with Crippen molar-refractivity contribution < 1.29 is 0 Å². The minimum atomic E-state index is 0.357. The molecule has 1 atom stereocenters. The van der Waals surface area contributed by atoms with E-state index < -0.39 is 0 Å². The Morgan fingerprint density at radius 3 is 2.06 bits per heavy atom. The smallest absolute Gasteiger partial charge is 0.00230 e. The summed E-state index contributed by atoms with van der Waals surface area (Å²) in [5, 5.41) is 0. The lowest BCUT2D eigenvalue weighted by atomic mass is 9.70. The largest absolute Gasteiger partial charge is 0.330 e. The van der Waals surface area contributed by atoms with Crippen molar-refractivity contribution >= 4 is 0 Å². The molecule has 1 heteroatoms. The number of nitrogens with two attached hydrogens (primary N) is 1. The highest BCUT2D eigenvalue weighted by molar-refractivity contribution is 4.82. The van der Waals surface area contributed by atoms with E-state index in [1.54, 1.807) is 0 Å². The van der Waals surface area contributed by atoms with Gasteiger partial charge in [0.1, 0.15) is 0 Å². The fraction of sp³-hybridized carbons (Fsp3) is 1.00. The molecule has 0 amide bonds. The van der Waals surface area contributed by atoms with Crippen molar-refractivity contribution in [1.82, 2.24) is 0 Å². The third-order valence-electron chi connectivity index (χ3n) is 4.33. The van der Waals surface area contributed by atoms with Crippen LogP contribution in [-0.4, -0.2) is 6.54 Å². The average Bonchev–Trinajstić information content (AvgIpc) is 2.26. The third kappa shape index (κ3) is 5.90. The molecule has 1 aliphatic carbocycles. The van der Waals surface area contributed by atoms with Crippen LogP contribution in [0.5, 0.6) is 0 Å². The lowest BCUT2D eigenvalue weighted by molar-refractivity contribution is 0.165. The van der Waals surface area contributed by atoms with Gasteiger partial charge in [0.25, 0.3) is 0 Å². The van der Waals surface area contributed by atoms with E-state index in [2.05, 4.69) is 27.7 Å². The predicted molar refractivity (Wildman–Crippen MR) is 77.0 cm³/mol. The zero-order valence-electron chi connectivity index (χ0n) is 12.5. The fourth-order valence-corrected chi connectivity index (χ4v) is 3.57. The van der Waals surface area contributed by atoms with Crippen molar-refractivity contribution in [2.24, 2.45) is 22.5 Å². The summed E-state index contributed by atoms with van der Waals surface area (Å²) in [5.74, 6) is 0.995. The number of hydrogen-bond donors (Lipinski definition) is 1. The van der Waals surface area contributed by atoms with Crippen molar-refractivity contribution in [3.05, 3.63) is 0 Å². The van der Waals surface area contributed by atoms with Gasteiger partial charge in [0.05, 0.1) is 0 Å². The second-order valence-electron chi connectivity index (χ2n) is 7.79. The third-order valence-corrected chi connectivity index (χ3v) is 4.33. The topological polar surface area (TPSA) is 26.0 Å². The summed E-state index contributed by atoms with van der Waals surface area (Å²) in [6, 6.07) is 0. The molecule has 17 heavy (non-hydrogen) atoms. The molecule has 0 aromatic carbocycles. The maximum atomic E-state index is 6.03. The minimum Gasteiger partial charge on any atom is -0.330 e. The van der Waals surface area contributed by atoms with Gasteiger partial charge >= 0.3 is 0 Å². The maximum Gasteiger partial charge on any atom is -0.00230 e. The summed E-state index contributed by atoms with van der Waals surface area (Å²) in [4.78, 5) is 0. The fourth-order valence-electron chi connectivity index (χ4n) is 3.57. The second-order valence-corrected chi connectivity index (χ2v) is 7.79. The number of rotatable bonds is 5. The molecule has 0 saturated heterocycles. The number of hydrogen-bond acceptors (Lipinski definition) is 1. The molecule has 0 heterocycles. The highest BCUT2D eigenvalue weighted by Gasteiger charge is 2.29. The molecule has 0 bridgehead atoms. The first-order chi connectivity index (χ1) is 7.85. The van der Waals surface area contributed by atoms with Gasteiger partial charge in [-0.05, 0) is 42.6 Å². The van der Waals surface area contributed by atoms with Gasteiger partial charge in [-0.2, -0.15) is 0 Å². The first-order valence-electron chi connectivity index (χ1n) is 7.55. The first-order valence-corrected chi connectivity index (χ1v) is 7.55. The summed E-state index contributed by atoms with van der Waals surface area (Å²) in [6.45, 7) is 10.2. The van der Waals surface area contributed by atoms with Crippen LogP contribution in [0.25, 0.3) is 0 Å². The van der Waals surface area contributed by atoms with Gasteiger partial charge < -0.3 is 5.73 Å². The second kappa shape index (κ2) is 6.22. The Morgan fingerprint density at radius 2 is 1.59 bits per heavy atom. The molecule has 1 unspecified atom stereocenters. The van der Waals surface area contributed by atoms with Crippen LogP contribution in [0.3, 0.4) is 0 Å². The van der Waals surface area contributed by atoms with E-state index in [1.165, 1.54) is 51.4 Å². The quantitative estimate of drug-likeness (QED) is 0.736. The Morgan fingerprint density at radius 1 is 1.00 bits per heavy atom. The predicted octanol–water partition coefficient (Wildman–Crippen LogP) is 4.75. The van der Waals surface area contributed by atoms with Crippen molar-refractivity contribution in [3.8, 4) is 0 Å². The van der Waals surface area contributed by atoms with Gasteiger partial charge in [-0.15, -0.1) is 0 Å². The van der Waals surface area contributed by atoms with Crippen molar-refractivity contribution in [1.29, 1.82) is 0 Å². The van der Waals surface area contributed by atoms with E-state index in [1.807, 2.05) is 0 Å². The van der Waals surface area contributed by atoms with E-state index in [9.17, 15) is 0 Å². The average molecular weight is 239 g/mol. The highest BCUT2D eigenvalue weighted by Crippen LogP contribution is 2.39. The Labute approximate surface area is 109 Å². The van der Waals surface area contributed by atoms with E-state index in [4.69, 9.17) is 5.73 Å². The van der Waals surface area contributed by atoms with Gasteiger partial charge in [0.2, 0.25) is 0 Å². The first kappa shape index (κ1) is 15.0. The van der Waals surface area contributed by atoms with Crippen molar-refractivity contribution in [3.63, 3.8) is 0 Å². The van der Waals surface area contributed by atoms with Crippen LogP contribution < -0.4 is 5.73 Å². The molecule has 1 saturated carbocycles. The molecule has 0 aliphatic heterocycles. The molecular weight excluding hydrogens is 206 g/mol. The molecule has 102 valence electrons. The molecule has 1 fully saturated rings. The Balaban J connectivity index is 2.39. The molecular formula is C16H33N. The van der Waals surface area contributed by atoms with Gasteiger partial charge in [0.15, 0.2) is 0 Å². The van der Waals surface area contributed by atoms with Gasteiger partial charge in [-0.1, -0.05) is 59.8 Å². The van der Waals surface area contributed by atoms with Crippen molar-refractivity contribution in [2.45, 2.75) is 79.1 Å². The molecule has 1 rings (SSSR count). The van der Waals surface area contributed by atoms with Gasteiger partial charge in [0, 0.05) is 0 Å². The van der Waals surface area contributed by atoms with E-state index in [-0.39, 0.29) is 0 Å². The molecule has 1 nitrogen and oxygen atoms in total. The minimum absolute atomic E-state index is 0.357. The van der Waals surface area contributed by atoms with Crippen LogP contribution >= 0.6 is 0 Å². The maximum absolute atomic E-state index is 6.03. The van der Waals surface area contributed by atoms with E-state index >= 15 is 0 Å². The van der Waals surface area contributed by atoms with Crippen molar-refractivity contribution in [2.75, 3.05) is 6.54 Å². The summed E-state index contributed by atoms with van der Waals surface area (Å²) in [6.07, 6.45) is 11.3. The van der Waals surface area contributed by atoms with Gasteiger partial charge in [-0.25, -0.2) is 0 Å². The Bertz CT molecular complexity index is 210. The van der Waals surface area contributed by atoms with Crippen LogP contribution in [-0.2, 0) is 0 Å². The van der Waals surface area contributed by atoms with Crippen LogP contribution in [0.15, 0.2) is 0 Å². The molecule has 0 spiro atoms. The lowest BCUT2D eigenvalue weighted by Crippen LogP contribution is -2.32. The van der Waals surface area contributed by atoms with Crippen LogP contribution in [0.1, 0.15) is 79.1 Å². The van der Waals surface area contributed by atoms with Crippen LogP contribution in [0.4, 0.5) is 0 Å². The molecule has 0 radical (unpaired) electrons. The van der Waals surface area contributed by atoms with Crippen LogP contribution in [0, 0.1) is 16.7 Å². The molecule has 0 aromatic rings. The van der Waals surface area contributed by atoms with E-state index in [0.29, 0.717) is 10.8 Å². The summed E-state index contributed by atoms with van der Waals surface area (Å²) in [5.41, 5.74) is 6.79. The SMILES string of the molecule is CC(C)(C)CC(C)(CN)CCC1CCCCC1. The highest BCUT2D eigenvalue weighted by atomic mass is 14.6. The van der Waals surface area contributed by atoms with Gasteiger partial charge in [-0.3, -0.25) is 0 Å².